The highest BCUT2D eigenvalue weighted by molar-refractivity contribution is 5.97. The van der Waals surface area contributed by atoms with E-state index < -0.39 is 0 Å². The van der Waals surface area contributed by atoms with Gasteiger partial charge in [0, 0.05) is 13.1 Å². The maximum absolute atomic E-state index is 13.1. The van der Waals surface area contributed by atoms with E-state index in [0.29, 0.717) is 37.6 Å². The van der Waals surface area contributed by atoms with Gasteiger partial charge in [0.2, 0.25) is 0 Å². The SMILES string of the molecule is CCOC(=O)C1CCCN(C(=O)c2ccccc2OCc2ccccc2)C1. The van der Waals surface area contributed by atoms with E-state index in [4.69, 9.17) is 9.47 Å². The number of para-hydroxylation sites is 1. The molecule has 0 aromatic heterocycles. The highest BCUT2D eigenvalue weighted by Gasteiger charge is 2.30. The van der Waals surface area contributed by atoms with E-state index in [-0.39, 0.29) is 17.8 Å². The van der Waals surface area contributed by atoms with Crippen LogP contribution in [0.4, 0.5) is 0 Å². The predicted molar refractivity (Wildman–Crippen MR) is 102 cm³/mol. The third-order valence-corrected chi connectivity index (χ3v) is 4.68. The first-order chi connectivity index (χ1) is 13.2. The summed E-state index contributed by atoms with van der Waals surface area (Å²) in [4.78, 5) is 26.8. The summed E-state index contributed by atoms with van der Waals surface area (Å²) in [6.07, 6.45) is 1.55. The highest BCUT2D eigenvalue weighted by Crippen LogP contribution is 2.25. The minimum Gasteiger partial charge on any atom is -0.488 e. The lowest BCUT2D eigenvalue weighted by Crippen LogP contribution is -2.42. The molecule has 1 aliphatic heterocycles. The molecular weight excluding hydrogens is 342 g/mol. The zero-order chi connectivity index (χ0) is 19.1. The van der Waals surface area contributed by atoms with Crippen LogP contribution in [0.1, 0.15) is 35.7 Å². The van der Waals surface area contributed by atoms with Crippen molar-refractivity contribution in [2.24, 2.45) is 5.92 Å². The molecule has 0 bridgehead atoms. The monoisotopic (exact) mass is 367 g/mol. The van der Waals surface area contributed by atoms with Crippen molar-refractivity contribution in [2.45, 2.75) is 26.4 Å². The molecule has 1 atom stereocenters. The number of amides is 1. The summed E-state index contributed by atoms with van der Waals surface area (Å²) in [5.41, 5.74) is 1.57. The van der Waals surface area contributed by atoms with Crippen LogP contribution < -0.4 is 4.74 Å². The first-order valence-electron chi connectivity index (χ1n) is 9.40. The van der Waals surface area contributed by atoms with Crippen LogP contribution in [0.5, 0.6) is 5.75 Å². The molecule has 0 spiro atoms. The Balaban J connectivity index is 1.70. The summed E-state index contributed by atoms with van der Waals surface area (Å²) in [7, 11) is 0. The Bertz CT molecular complexity index is 775. The highest BCUT2D eigenvalue weighted by atomic mass is 16.5. The van der Waals surface area contributed by atoms with Crippen LogP contribution in [0.2, 0.25) is 0 Å². The van der Waals surface area contributed by atoms with Gasteiger partial charge in [-0.05, 0) is 37.5 Å². The summed E-state index contributed by atoms with van der Waals surface area (Å²) in [6.45, 7) is 3.59. The predicted octanol–water partition coefficient (Wildman–Crippen LogP) is 3.68. The molecule has 0 saturated carbocycles. The maximum Gasteiger partial charge on any atom is 0.310 e. The first kappa shape index (κ1) is 19.0. The van der Waals surface area contributed by atoms with E-state index in [0.717, 1.165) is 18.4 Å². The van der Waals surface area contributed by atoms with Gasteiger partial charge in [0.15, 0.2) is 0 Å². The number of carbonyl (C=O) groups is 2. The van der Waals surface area contributed by atoms with E-state index in [1.807, 2.05) is 48.5 Å². The van der Waals surface area contributed by atoms with Crippen LogP contribution in [-0.4, -0.2) is 36.5 Å². The minimum absolute atomic E-state index is 0.104. The molecule has 0 radical (unpaired) electrons. The quantitative estimate of drug-likeness (QED) is 0.731. The third-order valence-electron chi connectivity index (χ3n) is 4.68. The van der Waals surface area contributed by atoms with Gasteiger partial charge in [-0.25, -0.2) is 0 Å². The number of benzene rings is 2. The number of piperidine rings is 1. The lowest BCUT2D eigenvalue weighted by molar-refractivity contribution is -0.149. The van der Waals surface area contributed by atoms with Gasteiger partial charge >= 0.3 is 5.97 Å². The molecule has 1 heterocycles. The molecule has 1 amide bonds. The Morgan fingerprint density at radius 2 is 1.81 bits per heavy atom. The zero-order valence-electron chi connectivity index (χ0n) is 15.6. The molecular formula is C22H25NO4. The van der Waals surface area contributed by atoms with Crippen molar-refractivity contribution in [3.8, 4) is 5.75 Å². The fourth-order valence-corrected chi connectivity index (χ4v) is 3.29. The number of esters is 1. The zero-order valence-corrected chi connectivity index (χ0v) is 15.6. The van der Waals surface area contributed by atoms with Crippen molar-refractivity contribution in [2.75, 3.05) is 19.7 Å². The topological polar surface area (TPSA) is 55.8 Å². The van der Waals surface area contributed by atoms with Gasteiger partial charge < -0.3 is 14.4 Å². The molecule has 5 heteroatoms. The summed E-state index contributed by atoms with van der Waals surface area (Å²) in [5, 5.41) is 0. The molecule has 3 rings (SSSR count). The summed E-state index contributed by atoms with van der Waals surface area (Å²) >= 11 is 0. The Hall–Kier alpha value is -2.82. The fraction of sp³-hybridized carbons (Fsp3) is 0.364. The molecule has 142 valence electrons. The van der Waals surface area contributed by atoms with Gasteiger partial charge in [-0.15, -0.1) is 0 Å². The Labute approximate surface area is 159 Å². The second-order valence-electron chi connectivity index (χ2n) is 6.61. The molecule has 1 saturated heterocycles. The number of hydrogen-bond acceptors (Lipinski definition) is 4. The Morgan fingerprint density at radius 3 is 2.59 bits per heavy atom. The van der Waals surface area contributed by atoms with Crippen LogP contribution in [0.15, 0.2) is 54.6 Å². The van der Waals surface area contributed by atoms with Crippen LogP contribution >= 0.6 is 0 Å². The van der Waals surface area contributed by atoms with Crippen LogP contribution in [0.3, 0.4) is 0 Å². The summed E-state index contributed by atoms with van der Waals surface area (Å²) in [5.74, 6) is -0.0130. The normalized spacial score (nSPS) is 16.6. The van der Waals surface area contributed by atoms with Gasteiger partial charge in [0.1, 0.15) is 12.4 Å². The number of ether oxygens (including phenoxy) is 2. The number of carbonyl (C=O) groups excluding carboxylic acids is 2. The molecule has 2 aromatic carbocycles. The van der Waals surface area contributed by atoms with Crippen molar-refractivity contribution in [1.82, 2.24) is 4.90 Å². The van der Waals surface area contributed by atoms with Crippen molar-refractivity contribution in [3.05, 3.63) is 65.7 Å². The molecule has 27 heavy (non-hydrogen) atoms. The lowest BCUT2D eigenvalue weighted by Gasteiger charge is -2.32. The third kappa shape index (κ3) is 4.88. The number of nitrogens with zero attached hydrogens (tertiary/aromatic N) is 1. The van der Waals surface area contributed by atoms with Gasteiger partial charge in [-0.1, -0.05) is 42.5 Å². The van der Waals surface area contributed by atoms with Crippen molar-refractivity contribution in [1.29, 1.82) is 0 Å². The molecule has 1 aliphatic rings. The molecule has 1 unspecified atom stereocenters. The van der Waals surface area contributed by atoms with E-state index in [1.165, 1.54) is 0 Å². The molecule has 5 nitrogen and oxygen atoms in total. The van der Waals surface area contributed by atoms with Gasteiger partial charge in [-0.2, -0.15) is 0 Å². The summed E-state index contributed by atoms with van der Waals surface area (Å²) < 4.78 is 11.0. The van der Waals surface area contributed by atoms with Crippen LogP contribution in [0.25, 0.3) is 0 Å². The molecule has 1 fully saturated rings. The average molecular weight is 367 g/mol. The molecule has 2 aromatic rings. The lowest BCUT2D eigenvalue weighted by atomic mass is 9.97. The van der Waals surface area contributed by atoms with Gasteiger partial charge in [-0.3, -0.25) is 9.59 Å². The van der Waals surface area contributed by atoms with Crippen LogP contribution in [0, 0.1) is 5.92 Å². The van der Waals surface area contributed by atoms with Gasteiger partial charge in [0.25, 0.3) is 5.91 Å². The largest absolute Gasteiger partial charge is 0.488 e. The fourth-order valence-electron chi connectivity index (χ4n) is 3.29. The number of rotatable bonds is 6. The summed E-state index contributed by atoms with van der Waals surface area (Å²) in [6, 6.07) is 17.1. The minimum atomic E-state index is -0.250. The smallest absolute Gasteiger partial charge is 0.310 e. The van der Waals surface area contributed by atoms with Crippen molar-refractivity contribution < 1.29 is 19.1 Å². The van der Waals surface area contributed by atoms with Crippen LogP contribution in [-0.2, 0) is 16.1 Å². The van der Waals surface area contributed by atoms with Crippen molar-refractivity contribution >= 4 is 11.9 Å². The molecule has 0 N–H and O–H groups in total. The Morgan fingerprint density at radius 1 is 1.07 bits per heavy atom. The van der Waals surface area contributed by atoms with E-state index in [2.05, 4.69) is 0 Å². The second kappa shape index (κ2) is 9.21. The van der Waals surface area contributed by atoms with Crippen molar-refractivity contribution in [3.63, 3.8) is 0 Å². The van der Waals surface area contributed by atoms with E-state index >= 15 is 0 Å². The number of hydrogen-bond donors (Lipinski definition) is 0. The average Bonchev–Trinajstić information content (AvgIpc) is 2.73. The Kier molecular flexibility index (Phi) is 6.47. The van der Waals surface area contributed by atoms with E-state index in [9.17, 15) is 9.59 Å². The number of likely N-dealkylation sites (tertiary alicyclic amines) is 1. The standard InChI is InChI=1S/C22H25NO4/c1-2-26-22(25)18-11-8-14-23(15-18)21(24)19-12-6-7-13-20(19)27-16-17-9-4-3-5-10-17/h3-7,9-10,12-13,18H,2,8,11,14-16H2,1H3. The second-order valence-corrected chi connectivity index (χ2v) is 6.61. The first-order valence-corrected chi connectivity index (χ1v) is 9.40. The maximum atomic E-state index is 13.1. The molecule has 0 aliphatic carbocycles. The van der Waals surface area contributed by atoms with E-state index in [1.54, 1.807) is 17.9 Å². The van der Waals surface area contributed by atoms with Gasteiger partial charge in [0.05, 0.1) is 18.1 Å².